The number of rotatable bonds is 7. The van der Waals surface area contributed by atoms with E-state index in [0.717, 1.165) is 38.0 Å². The molecule has 1 aliphatic carbocycles. The van der Waals surface area contributed by atoms with Crippen molar-refractivity contribution >= 4 is 12.4 Å². The third-order valence-corrected chi connectivity index (χ3v) is 4.73. The minimum atomic E-state index is -0.177. The largest absolute Gasteiger partial charge is 0.497 e. The fourth-order valence-corrected chi connectivity index (χ4v) is 3.36. The Hall–Kier alpha value is -1.67. The number of hydrogen-bond acceptors (Lipinski definition) is 7. The van der Waals surface area contributed by atoms with Crippen molar-refractivity contribution in [3.63, 3.8) is 0 Å². The highest BCUT2D eigenvalue weighted by Crippen LogP contribution is 2.26. The number of aliphatic hydroxyl groups is 1. The number of aromatic nitrogens is 2. The molecule has 0 radical (unpaired) electrons. The molecule has 0 atom stereocenters. The Bertz CT molecular complexity index is 674. The SMILES string of the molecule is COc1cccc(CN(Cc2noc(CN)n2)C2CCC(O)CC2)c1.Cl. The van der Waals surface area contributed by atoms with Gasteiger partial charge in [-0.3, -0.25) is 4.90 Å². The second-order valence-electron chi connectivity index (χ2n) is 6.53. The molecule has 1 aromatic carbocycles. The number of hydrogen-bond donors (Lipinski definition) is 2. The summed E-state index contributed by atoms with van der Waals surface area (Å²) in [6.07, 6.45) is 3.42. The molecule has 7 nitrogen and oxygen atoms in total. The zero-order valence-electron chi connectivity index (χ0n) is 15.0. The summed E-state index contributed by atoms with van der Waals surface area (Å²) in [5, 5.41) is 13.8. The molecule has 1 saturated carbocycles. The van der Waals surface area contributed by atoms with Gasteiger partial charge in [0.1, 0.15) is 5.75 Å². The molecule has 0 saturated heterocycles. The van der Waals surface area contributed by atoms with Gasteiger partial charge < -0.3 is 20.1 Å². The van der Waals surface area contributed by atoms with Gasteiger partial charge in [0.15, 0.2) is 5.82 Å². The first-order valence-corrected chi connectivity index (χ1v) is 8.74. The molecule has 26 heavy (non-hydrogen) atoms. The van der Waals surface area contributed by atoms with Gasteiger partial charge in [-0.1, -0.05) is 17.3 Å². The Morgan fingerprint density at radius 2 is 2.04 bits per heavy atom. The van der Waals surface area contributed by atoms with Crippen LogP contribution in [0.5, 0.6) is 5.75 Å². The van der Waals surface area contributed by atoms with E-state index in [1.54, 1.807) is 7.11 Å². The predicted molar refractivity (Wildman–Crippen MR) is 99.9 cm³/mol. The summed E-state index contributed by atoms with van der Waals surface area (Å²) in [6, 6.07) is 8.46. The lowest BCUT2D eigenvalue weighted by Crippen LogP contribution is -2.38. The first-order chi connectivity index (χ1) is 12.2. The summed E-state index contributed by atoms with van der Waals surface area (Å²) in [5.74, 6) is 1.95. The maximum Gasteiger partial charge on any atom is 0.240 e. The summed E-state index contributed by atoms with van der Waals surface area (Å²) in [6.45, 7) is 1.62. The molecule has 3 N–H and O–H groups in total. The molecule has 2 aromatic rings. The van der Waals surface area contributed by atoms with Crippen LogP contribution in [0, 0.1) is 0 Å². The fraction of sp³-hybridized carbons (Fsp3) is 0.556. The molecule has 0 bridgehead atoms. The summed E-state index contributed by atoms with van der Waals surface area (Å²) >= 11 is 0. The Balaban J connectivity index is 0.00000243. The number of ether oxygens (including phenoxy) is 1. The van der Waals surface area contributed by atoms with Crippen molar-refractivity contribution in [2.75, 3.05) is 7.11 Å². The lowest BCUT2D eigenvalue weighted by atomic mass is 9.91. The molecular weight excluding hydrogens is 356 g/mol. The molecule has 1 aromatic heterocycles. The van der Waals surface area contributed by atoms with Crippen LogP contribution >= 0.6 is 12.4 Å². The predicted octanol–water partition coefficient (Wildman–Crippen LogP) is 2.26. The maximum absolute atomic E-state index is 9.80. The van der Waals surface area contributed by atoms with Gasteiger partial charge in [0.05, 0.1) is 26.3 Å². The van der Waals surface area contributed by atoms with Gasteiger partial charge in [-0.2, -0.15) is 4.98 Å². The fourth-order valence-electron chi connectivity index (χ4n) is 3.36. The van der Waals surface area contributed by atoms with E-state index in [4.69, 9.17) is 15.0 Å². The van der Waals surface area contributed by atoms with Crippen LogP contribution < -0.4 is 10.5 Å². The van der Waals surface area contributed by atoms with Gasteiger partial charge in [-0.15, -0.1) is 12.4 Å². The van der Waals surface area contributed by atoms with E-state index in [1.165, 1.54) is 5.56 Å². The van der Waals surface area contributed by atoms with Gasteiger partial charge in [-0.25, -0.2) is 0 Å². The van der Waals surface area contributed by atoms with E-state index >= 15 is 0 Å². The molecule has 0 amide bonds. The first kappa shape index (κ1) is 20.6. The summed E-state index contributed by atoms with van der Waals surface area (Å²) in [4.78, 5) is 6.69. The minimum Gasteiger partial charge on any atom is -0.497 e. The highest BCUT2D eigenvalue weighted by Gasteiger charge is 2.26. The third kappa shape index (κ3) is 5.41. The molecule has 1 heterocycles. The molecule has 0 spiro atoms. The Morgan fingerprint density at radius 3 is 2.69 bits per heavy atom. The summed E-state index contributed by atoms with van der Waals surface area (Å²) in [7, 11) is 1.67. The molecule has 3 rings (SSSR count). The quantitative estimate of drug-likeness (QED) is 0.757. The monoisotopic (exact) mass is 382 g/mol. The lowest BCUT2D eigenvalue weighted by molar-refractivity contribution is 0.0649. The van der Waals surface area contributed by atoms with Crippen molar-refractivity contribution in [3.05, 3.63) is 41.5 Å². The molecular formula is C18H27ClN4O3. The van der Waals surface area contributed by atoms with E-state index in [-0.39, 0.29) is 25.1 Å². The van der Waals surface area contributed by atoms with Crippen LogP contribution in [0.1, 0.15) is 43.0 Å². The lowest BCUT2D eigenvalue weighted by Gasteiger charge is -2.35. The summed E-state index contributed by atoms with van der Waals surface area (Å²) < 4.78 is 10.5. The Morgan fingerprint density at radius 1 is 1.27 bits per heavy atom. The van der Waals surface area contributed by atoms with Crippen molar-refractivity contribution in [2.24, 2.45) is 5.73 Å². The Kier molecular flexibility index (Phi) is 7.84. The number of aliphatic hydroxyl groups excluding tert-OH is 1. The van der Waals surface area contributed by atoms with Gasteiger partial charge in [0, 0.05) is 12.6 Å². The van der Waals surface area contributed by atoms with Crippen molar-refractivity contribution in [1.29, 1.82) is 0 Å². The van der Waals surface area contributed by atoms with Crippen LogP contribution in [-0.2, 0) is 19.6 Å². The molecule has 1 fully saturated rings. The average Bonchev–Trinajstić information content (AvgIpc) is 3.10. The highest BCUT2D eigenvalue weighted by atomic mass is 35.5. The summed E-state index contributed by atoms with van der Waals surface area (Å²) in [5.41, 5.74) is 6.73. The van der Waals surface area contributed by atoms with Crippen LogP contribution in [0.25, 0.3) is 0 Å². The molecule has 8 heteroatoms. The molecule has 1 aliphatic rings. The van der Waals surface area contributed by atoms with Gasteiger partial charge in [0.25, 0.3) is 0 Å². The minimum absolute atomic E-state index is 0. The number of halogens is 1. The zero-order chi connectivity index (χ0) is 17.6. The van der Waals surface area contributed by atoms with Gasteiger partial charge in [-0.05, 0) is 43.4 Å². The number of nitrogens with zero attached hydrogens (tertiary/aromatic N) is 3. The van der Waals surface area contributed by atoms with Crippen LogP contribution in [0.15, 0.2) is 28.8 Å². The van der Waals surface area contributed by atoms with E-state index in [2.05, 4.69) is 21.1 Å². The highest BCUT2D eigenvalue weighted by molar-refractivity contribution is 5.85. The van der Waals surface area contributed by atoms with E-state index in [9.17, 15) is 5.11 Å². The van der Waals surface area contributed by atoms with E-state index in [1.807, 2.05) is 18.2 Å². The van der Waals surface area contributed by atoms with Crippen molar-refractivity contribution in [2.45, 2.75) is 57.5 Å². The van der Waals surface area contributed by atoms with Crippen LogP contribution in [0.2, 0.25) is 0 Å². The average molecular weight is 383 g/mol. The first-order valence-electron chi connectivity index (χ1n) is 8.74. The van der Waals surface area contributed by atoms with Gasteiger partial charge >= 0.3 is 0 Å². The Labute approximate surface area is 159 Å². The smallest absolute Gasteiger partial charge is 0.240 e. The number of nitrogens with two attached hydrogens (primary N) is 1. The van der Waals surface area contributed by atoms with Crippen LogP contribution in [-0.4, -0.2) is 39.4 Å². The number of benzene rings is 1. The topological polar surface area (TPSA) is 97.6 Å². The van der Waals surface area contributed by atoms with Crippen molar-refractivity contribution in [3.8, 4) is 5.75 Å². The van der Waals surface area contributed by atoms with Crippen molar-refractivity contribution in [1.82, 2.24) is 15.0 Å². The zero-order valence-corrected chi connectivity index (χ0v) is 15.8. The molecule has 0 unspecified atom stereocenters. The van der Waals surface area contributed by atoms with E-state index in [0.29, 0.717) is 24.3 Å². The second kappa shape index (κ2) is 9.87. The van der Waals surface area contributed by atoms with Gasteiger partial charge in [0.2, 0.25) is 5.89 Å². The van der Waals surface area contributed by atoms with E-state index < -0.39 is 0 Å². The number of methoxy groups -OCH3 is 1. The molecule has 144 valence electrons. The standard InChI is InChI=1S/C18H26N4O3.ClH/c1-24-16-4-2-3-13(9-16)11-22(14-5-7-15(23)8-6-14)12-17-20-18(10-19)25-21-17;/h2-4,9,14-15,23H,5-8,10-12,19H2,1H3;1H. The maximum atomic E-state index is 9.80. The van der Waals surface area contributed by atoms with Crippen LogP contribution in [0.3, 0.4) is 0 Å². The molecule has 0 aliphatic heterocycles. The van der Waals surface area contributed by atoms with Crippen LogP contribution in [0.4, 0.5) is 0 Å². The van der Waals surface area contributed by atoms with Crippen molar-refractivity contribution < 1.29 is 14.4 Å². The second-order valence-corrected chi connectivity index (χ2v) is 6.53. The normalized spacial score (nSPS) is 20.0. The third-order valence-electron chi connectivity index (χ3n) is 4.73.